The first-order chi connectivity index (χ1) is 11.1. The van der Waals surface area contributed by atoms with Crippen LogP contribution >= 0.6 is 7.60 Å². The summed E-state index contributed by atoms with van der Waals surface area (Å²) in [6.07, 6.45) is 0. The summed E-state index contributed by atoms with van der Waals surface area (Å²) in [6.45, 7) is 0. The van der Waals surface area contributed by atoms with E-state index >= 15 is 0 Å². The second kappa shape index (κ2) is 9.91. The molecule has 128 valence electrons. The van der Waals surface area contributed by atoms with E-state index in [2.05, 4.69) is 0 Å². The summed E-state index contributed by atoms with van der Waals surface area (Å²) in [6, 6.07) is 5.84. The number of benzene rings is 2. The molecule has 0 amide bonds. The van der Waals surface area contributed by atoms with E-state index in [0.717, 1.165) is 12.1 Å². The Bertz CT molecular complexity index is 831. The summed E-state index contributed by atoms with van der Waals surface area (Å²) in [5.74, 6) is -14.4. The molecular weight excluding hydrogens is 404 g/mol. The molecule has 4 nitrogen and oxygen atoms in total. The first-order valence-corrected chi connectivity index (χ1v) is 7.80. The molecule has 0 radical (unpaired) electrons. The van der Waals surface area contributed by atoms with E-state index in [0.29, 0.717) is 0 Å². The van der Waals surface area contributed by atoms with Crippen LogP contribution in [0, 0.1) is 29.1 Å². The molecule has 0 saturated heterocycles. The summed E-state index contributed by atoms with van der Waals surface area (Å²) in [5, 5.41) is 0. The maximum atomic E-state index is 13.7. The number of hydrogen-bond acceptors (Lipinski definition) is 4. The molecule has 0 heterocycles. The Kier molecular flexibility index (Phi) is 9.87. The van der Waals surface area contributed by atoms with Crippen LogP contribution in [0.3, 0.4) is 0 Å². The quantitative estimate of drug-likeness (QED) is 0.130. The van der Waals surface area contributed by atoms with Crippen LogP contribution in [0.25, 0.3) is 0 Å². The van der Waals surface area contributed by atoms with E-state index in [9.17, 15) is 41.1 Å². The first kappa shape index (κ1) is 25.9. The van der Waals surface area contributed by atoms with Gasteiger partial charge in [-0.3, -0.25) is 4.79 Å². The Hall–Kier alpha value is -0.0900. The molecule has 2 aromatic rings. The van der Waals surface area contributed by atoms with Gasteiger partial charge < -0.3 is 14.4 Å². The predicted octanol–water partition coefficient (Wildman–Crippen LogP) is -3.77. The van der Waals surface area contributed by atoms with Gasteiger partial charge in [-0.25, -0.2) is 22.0 Å². The van der Waals surface area contributed by atoms with Crippen LogP contribution < -0.4 is 68.9 Å². The van der Waals surface area contributed by atoms with E-state index in [-0.39, 0.29) is 59.1 Å². The Morgan fingerprint density at radius 3 is 1.58 bits per heavy atom. The molecule has 0 aliphatic carbocycles. The van der Waals surface area contributed by atoms with Crippen LogP contribution in [0.4, 0.5) is 22.0 Å². The fourth-order valence-electron chi connectivity index (χ4n) is 2.07. The maximum Gasteiger partial charge on any atom is 1.00 e. The third-order valence-electron chi connectivity index (χ3n) is 3.14. The number of halogens is 5. The van der Waals surface area contributed by atoms with Crippen molar-refractivity contribution in [2.75, 3.05) is 0 Å². The van der Waals surface area contributed by atoms with Gasteiger partial charge in [-0.05, 0) is 5.56 Å². The molecule has 0 aromatic heterocycles. The largest absolute Gasteiger partial charge is 1.00 e. The third-order valence-corrected chi connectivity index (χ3v) is 4.30. The molecule has 0 aliphatic heterocycles. The molecule has 1 atom stereocenters. The molecule has 0 saturated carbocycles. The summed E-state index contributed by atoms with van der Waals surface area (Å²) in [5.41, 5.74) is -5.07. The zero-order chi connectivity index (χ0) is 18.2. The Balaban J connectivity index is 0.00000312. The molecule has 26 heavy (non-hydrogen) atoms. The van der Waals surface area contributed by atoms with Gasteiger partial charge in [-0.15, -0.1) is 0 Å². The van der Waals surface area contributed by atoms with Crippen molar-refractivity contribution in [3.63, 3.8) is 0 Å². The average molecular weight is 410 g/mol. The minimum absolute atomic E-state index is 0. The van der Waals surface area contributed by atoms with Gasteiger partial charge in [0.25, 0.3) is 0 Å². The van der Waals surface area contributed by atoms with E-state index in [4.69, 9.17) is 0 Å². The van der Waals surface area contributed by atoms with E-state index in [1.807, 2.05) is 0 Å². The van der Waals surface area contributed by atoms with Crippen molar-refractivity contribution in [2.24, 2.45) is 0 Å². The van der Waals surface area contributed by atoms with Crippen LogP contribution in [0.2, 0.25) is 0 Å². The van der Waals surface area contributed by atoms with E-state index in [1.54, 1.807) is 0 Å². The van der Waals surface area contributed by atoms with Crippen molar-refractivity contribution in [3.8, 4) is 0 Å². The number of ketones is 1. The van der Waals surface area contributed by atoms with Crippen LogP contribution in [0.15, 0.2) is 30.3 Å². The normalized spacial score (nSPS) is 12.0. The van der Waals surface area contributed by atoms with Crippen molar-refractivity contribution in [2.45, 2.75) is 5.66 Å². The zero-order valence-electron chi connectivity index (χ0n) is 13.4. The van der Waals surface area contributed by atoms with E-state index in [1.165, 1.54) is 18.2 Å². The fraction of sp³-hybridized carbons (Fsp3) is 0.0714. The second-order valence-electron chi connectivity index (χ2n) is 4.66. The van der Waals surface area contributed by atoms with Gasteiger partial charge in [0.15, 0.2) is 29.1 Å². The minimum Gasteiger partial charge on any atom is -0.810 e. The van der Waals surface area contributed by atoms with Gasteiger partial charge >= 0.3 is 59.1 Å². The van der Waals surface area contributed by atoms with Gasteiger partial charge in [0, 0.05) is 0 Å². The third kappa shape index (κ3) is 5.04. The second-order valence-corrected chi connectivity index (χ2v) is 6.26. The van der Waals surface area contributed by atoms with Crippen LogP contribution in [-0.4, -0.2) is 5.78 Å². The molecular formula is C14H6F5Na2O4P. The van der Waals surface area contributed by atoms with Crippen molar-refractivity contribution < 1.29 is 100 Å². The number of rotatable bonds is 4. The SMILES string of the molecule is O=C(c1c(F)c(F)c(F)c(F)c1F)C(c1ccccc1)P(=O)([O-])[O-].[Na+].[Na+]. The van der Waals surface area contributed by atoms with Crippen molar-refractivity contribution in [1.82, 2.24) is 0 Å². The zero-order valence-corrected chi connectivity index (χ0v) is 18.3. The minimum atomic E-state index is -5.82. The molecule has 0 spiro atoms. The topological polar surface area (TPSA) is 80.3 Å². The van der Waals surface area contributed by atoms with Crippen molar-refractivity contribution >= 4 is 13.4 Å². The van der Waals surface area contributed by atoms with Crippen molar-refractivity contribution in [1.29, 1.82) is 0 Å². The fourth-order valence-corrected chi connectivity index (χ4v) is 3.02. The molecule has 2 rings (SSSR count). The molecule has 12 heteroatoms. The van der Waals surface area contributed by atoms with Gasteiger partial charge in [-0.1, -0.05) is 37.9 Å². The maximum absolute atomic E-state index is 13.7. The van der Waals surface area contributed by atoms with Crippen LogP contribution in [0.5, 0.6) is 0 Å². The number of carbonyl (C=O) groups excluding carboxylic acids is 1. The van der Waals surface area contributed by atoms with Crippen LogP contribution in [0.1, 0.15) is 21.6 Å². The molecule has 0 fully saturated rings. The Morgan fingerprint density at radius 2 is 1.19 bits per heavy atom. The number of hydrogen-bond donors (Lipinski definition) is 0. The van der Waals surface area contributed by atoms with Gasteiger partial charge in [0.05, 0.1) is 11.2 Å². The van der Waals surface area contributed by atoms with Gasteiger partial charge in [-0.2, -0.15) is 0 Å². The molecule has 0 N–H and O–H groups in total. The number of carbonyl (C=O) groups is 1. The Labute approximate surface area is 188 Å². The summed E-state index contributed by atoms with van der Waals surface area (Å²) in [4.78, 5) is 34.8. The summed E-state index contributed by atoms with van der Waals surface area (Å²) in [7, 11) is -5.82. The molecule has 1 unspecified atom stereocenters. The Morgan fingerprint density at radius 1 is 0.808 bits per heavy atom. The van der Waals surface area contributed by atoms with Gasteiger partial charge in [0.2, 0.25) is 5.82 Å². The monoisotopic (exact) mass is 410 g/mol. The van der Waals surface area contributed by atoms with E-state index < -0.39 is 59.3 Å². The predicted molar refractivity (Wildman–Crippen MR) is 67.4 cm³/mol. The average Bonchev–Trinajstić information content (AvgIpc) is 2.51. The summed E-state index contributed by atoms with van der Waals surface area (Å²) < 4.78 is 78.1. The molecule has 0 bridgehead atoms. The summed E-state index contributed by atoms with van der Waals surface area (Å²) >= 11 is 0. The smallest absolute Gasteiger partial charge is 0.810 e. The van der Waals surface area contributed by atoms with Crippen LogP contribution in [-0.2, 0) is 4.57 Å². The van der Waals surface area contributed by atoms with Gasteiger partial charge in [0.1, 0.15) is 0 Å². The molecule has 2 aromatic carbocycles. The molecule has 0 aliphatic rings. The van der Waals surface area contributed by atoms with Crippen molar-refractivity contribution in [3.05, 3.63) is 70.5 Å². The standard InChI is InChI=1S/C14H8F5O4P.2Na/c15-8-7(9(16)11(18)12(19)10(8)17)13(20)14(24(21,22)23)6-4-2-1-3-5-6;;/h1-5,14H,(H2,21,22,23);;/q;2*+1/p-2. The first-order valence-electron chi connectivity index (χ1n) is 6.19. The number of Topliss-reactive ketones (excluding diaryl/α,β-unsaturated/α-hetero) is 1.